The van der Waals surface area contributed by atoms with Gasteiger partial charge in [-0.2, -0.15) is 0 Å². The molecule has 0 aromatic heterocycles. The summed E-state index contributed by atoms with van der Waals surface area (Å²) < 4.78 is 0. The monoisotopic (exact) mass is 111 g/mol. The Morgan fingerprint density at radius 2 is 1.62 bits per heavy atom. The van der Waals surface area contributed by atoms with Crippen molar-refractivity contribution in [2.24, 2.45) is 0 Å². The molecule has 46 valence electrons. The standard InChI is InChI=1S/C6H11N2/c1-3-5-8(7)6-4-2/h3-4,7H,1-2,5-6H2/q-1. The maximum absolute atomic E-state index is 7.06. The number of rotatable bonds is 4. The molecule has 8 heavy (non-hydrogen) atoms. The minimum atomic E-state index is 0.603. The van der Waals surface area contributed by atoms with Crippen molar-refractivity contribution in [3.05, 3.63) is 31.2 Å². The van der Waals surface area contributed by atoms with E-state index in [2.05, 4.69) is 13.2 Å². The van der Waals surface area contributed by atoms with E-state index in [0.717, 1.165) is 0 Å². The molecular formula is C6H11N2-. The first-order valence-electron chi connectivity index (χ1n) is 2.49. The third kappa shape index (κ3) is 3.59. The van der Waals surface area contributed by atoms with E-state index >= 15 is 0 Å². The lowest BCUT2D eigenvalue weighted by molar-refractivity contribution is 0.465. The van der Waals surface area contributed by atoms with Crippen LogP contribution in [0.4, 0.5) is 0 Å². The van der Waals surface area contributed by atoms with E-state index in [1.807, 2.05) is 0 Å². The maximum Gasteiger partial charge on any atom is -0.00120 e. The molecule has 0 fully saturated rings. The molecule has 2 heteroatoms. The van der Waals surface area contributed by atoms with Crippen LogP contribution in [0.25, 0.3) is 5.84 Å². The van der Waals surface area contributed by atoms with Gasteiger partial charge in [0.2, 0.25) is 0 Å². The number of nitrogens with zero attached hydrogens (tertiary/aromatic N) is 1. The predicted octanol–water partition coefficient (Wildman–Crippen LogP) is 1.63. The van der Waals surface area contributed by atoms with E-state index in [9.17, 15) is 0 Å². The molecular weight excluding hydrogens is 100 g/mol. The van der Waals surface area contributed by atoms with Gasteiger partial charge < -0.3 is 10.9 Å². The van der Waals surface area contributed by atoms with Gasteiger partial charge in [0.1, 0.15) is 0 Å². The fraction of sp³-hybridized carbons (Fsp3) is 0.333. The van der Waals surface area contributed by atoms with Crippen molar-refractivity contribution in [3.8, 4) is 0 Å². The molecule has 0 aromatic carbocycles. The van der Waals surface area contributed by atoms with Crippen LogP contribution in [0.1, 0.15) is 0 Å². The van der Waals surface area contributed by atoms with Crippen LogP contribution in [0.2, 0.25) is 0 Å². The zero-order valence-electron chi connectivity index (χ0n) is 4.93. The predicted molar refractivity (Wildman–Crippen MR) is 36.3 cm³/mol. The van der Waals surface area contributed by atoms with Crippen molar-refractivity contribution < 1.29 is 0 Å². The Balaban J connectivity index is 3.16. The van der Waals surface area contributed by atoms with Crippen molar-refractivity contribution >= 4 is 0 Å². The number of hydrogen-bond acceptors (Lipinski definition) is 1. The molecule has 0 rings (SSSR count). The largest absolute Gasteiger partial charge is 0.609 e. The van der Waals surface area contributed by atoms with Crippen LogP contribution in [0, 0.1) is 0 Å². The average Bonchev–Trinajstić information content (AvgIpc) is 1.68. The molecule has 0 saturated heterocycles. The van der Waals surface area contributed by atoms with Crippen LogP contribution in [0.3, 0.4) is 0 Å². The first kappa shape index (κ1) is 7.40. The molecule has 0 aliphatic rings. The molecule has 0 amide bonds. The van der Waals surface area contributed by atoms with Crippen molar-refractivity contribution in [2.75, 3.05) is 13.1 Å². The Morgan fingerprint density at radius 1 is 1.25 bits per heavy atom. The second kappa shape index (κ2) is 4.56. The van der Waals surface area contributed by atoms with E-state index in [1.165, 1.54) is 5.01 Å². The van der Waals surface area contributed by atoms with Gasteiger partial charge in [-0.05, 0) is 13.1 Å². The van der Waals surface area contributed by atoms with Crippen molar-refractivity contribution in [2.45, 2.75) is 0 Å². The van der Waals surface area contributed by atoms with E-state index in [-0.39, 0.29) is 0 Å². The van der Waals surface area contributed by atoms with Crippen LogP contribution in [-0.4, -0.2) is 18.1 Å². The molecule has 0 aliphatic carbocycles. The summed E-state index contributed by atoms with van der Waals surface area (Å²) in [5, 5.41) is 1.38. The Labute approximate surface area is 50.3 Å². The lowest BCUT2D eigenvalue weighted by Gasteiger charge is -2.21. The van der Waals surface area contributed by atoms with Crippen LogP contribution < -0.4 is 0 Å². The van der Waals surface area contributed by atoms with E-state index < -0.39 is 0 Å². The summed E-state index contributed by atoms with van der Waals surface area (Å²) in [5.74, 6) is 7.06. The van der Waals surface area contributed by atoms with Crippen molar-refractivity contribution in [1.29, 1.82) is 0 Å². The lowest BCUT2D eigenvalue weighted by Crippen LogP contribution is -2.12. The van der Waals surface area contributed by atoms with Gasteiger partial charge >= 0.3 is 0 Å². The van der Waals surface area contributed by atoms with Gasteiger partial charge in [0.05, 0.1) is 0 Å². The van der Waals surface area contributed by atoms with Crippen LogP contribution >= 0.6 is 0 Å². The van der Waals surface area contributed by atoms with Crippen LogP contribution in [0.5, 0.6) is 0 Å². The van der Waals surface area contributed by atoms with Gasteiger partial charge in [-0.15, -0.1) is 13.2 Å². The summed E-state index contributed by atoms with van der Waals surface area (Å²) in [5.41, 5.74) is 0. The second-order valence-electron chi connectivity index (χ2n) is 1.48. The first-order valence-corrected chi connectivity index (χ1v) is 2.49. The fourth-order valence-electron chi connectivity index (χ4n) is 0.386. The molecule has 1 N–H and O–H groups in total. The second-order valence-corrected chi connectivity index (χ2v) is 1.48. The normalized spacial score (nSPS) is 9.25. The van der Waals surface area contributed by atoms with E-state index in [1.54, 1.807) is 12.2 Å². The molecule has 0 bridgehead atoms. The first-order chi connectivity index (χ1) is 3.81. The topological polar surface area (TPSA) is 27.0 Å². The van der Waals surface area contributed by atoms with Crippen molar-refractivity contribution in [1.82, 2.24) is 5.01 Å². The summed E-state index contributed by atoms with van der Waals surface area (Å²) >= 11 is 0. The van der Waals surface area contributed by atoms with Gasteiger partial charge in [0.25, 0.3) is 0 Å². The summed E-state index contributed by atoms with van der Waals surface area (Å²) in [6.45, 7) is 8.18. The third-order valence-electron chi connectivity index (χ3n) is 0.699. The maximum atomic E-state index is 7.06. The average molecular weight is 111 g/mol. The highest BCUT2D eigenvalue weighted by Crippen LogP contribution is 1.84. The van der Waals surface area contributed by atoms with Gasteiger partial charge in [0, 0.05) is 0 Å². The molecule has 0 radical (unpaired) electrons. The Hall–Kier alpha value is -0.600. The minimum absolute atomic E-state index is 0.603. The highest BCUT2D eigenvalue weighted by molar-refractivity contribution is 4.79. The molecule has 0 saturated carbocycles. The highest BCUT2D eigenvalue weighted by atomic mass is 15.4. The highest BCUT2D eigenvalue weighted by Gasteiger charge is 1.77. The number of hydrogen-bond donors (Lipinski definition) is 0. The summed E-state index contributed by atoms with van der Waals surface area (Å²) in [7, 11) is 0. The van der Waals surface area contributed by atoms with Gasteiger partial charge in [0.15, 0.2) is 0 Å². The SMILES string of the molecule is C=CCN([NH-])CC=C. The minimum Gasteiger partial charge on any atom is -0.609 e. The van der Waals surface area contributed by atoms with Gasteiger partial charge in [-0.1, -0.05) is 12.2 Å². The molecule has 0 spiro atoms. The molecule has 0 atom stereocenters. The molecule has 0 aromatic rings. The van der Waals surface area contributed by atoms with E-state index in [4.69, 9.17) is 5.84 Å². The summed E-state index contributed by atoms with van der Waals surface area (Å²) in [6, 6.07) is 0. The smallest absolute Gasteiger partial charge is 0.00120 e. The fourth-order valence-corrected chi connectivity index (χ4v) is 0.386. The zero-order chi connectivity index (χ0) is 6.41. The van der Waals surface area contributed by atoms with Gasteiger partial charge in [-0.3, -0.25) is 0 Å². The zero-order valence-corrected chi connectivity index (χ0v) is 4.93. The Morgan fingerprint density at radius 3 is 1.88 bits per heavy atom. The number of nitrogens with one attached hydrogen (secondary N) is 1. The molecule has 0 aliphatic heterocycles. The van der Waals surface area contributed by atoms with Crippen molar-refractivity contribution in [3.63, 3.8) is 0 Å². The molecule has 0 unspecified atom stereocenters. The summed E-state index contributed by atoms with van der Waals surface area (Å²) in [4.78, 5) is 0. The summed E-state index contributed by atoms with van der Waals surface area (Å²) in [6.07, 6.45) is 3.38. The Kier molecular flexibility index (Phi) is 4.21. The Bertz CT molecular complexity index is 68.6. The molecule has 0 heterocycles. The third-order valence-corrected chi connectivity index (χ3v) is 0.699. The van der Waals surface area contributed by atoms with Crippen LogP contribution in [0.15, 0.2) is 25.3 Å². The lowest BCUT2D eigenvalue weighted by atomic mass is 10.5. The van der Waals surface area contributed by atoms with Gasteiger partial charge in [-0.25, -0.2) is 0 Å². The van der Waals surface area contributed by atoms with Crippen LogP contribution in [-0.2, 0) is 0 Å². The van der Waals surface area contributed by atoms with E-state index in [0.29, 0.717) is 13.1 Å². The molecule has 2 nitrogen and oxygen atoms in total. The quantitative estimate of drug-likeness (QED) is 0.400.